The highest BCUT2D eigenvalue weighted by Gasteiger charge is 2.06. The van der Waals surface area contributed by atoms with Gasteiger partial charge in [0.25, 0.3) is 0 Å². The highest BCUT2D eigenvalue weighted by atomic mass is 15.3. The Kier molecular flexibility index (Phi) is 5.03. The fourth-order valence-electron chi connectivity index (χ4n) is 3.41. The van der Waals surface area contributed by atoms with E-state index in [1.807, 2.05) is 35.4 Å². The zero-order valence-electron chi connectivity index (χ0n) is 15.9. The summed E-state index contributed by atoms with van der Waals surface area (Å²) in [5, 5.41) is 5.79. The van der Waals surface area contributed by atoms with Crippen LogP contribution in [-0.4, -0.2) is 44.9 Å². The predicted molar refractivity (Wildman–Crippen MR) is 110 cm³/mol. The average Bonchev–Trinajstić information content (AvgIpc) is 3.29. The SMILES string of the molecule is CN(C)CCCn1ccc2cc(-c3cnn(Cc4ccncc4)c3)ccc21. The summed E-state index contributed by atoms with van der Waals surface area (Å²) in [5.74, 6) is 0. The summed E-state index contributed by atoms with van der Waals surface area (Å²) in [6, 6.07) is 12.9. The molecule has 0 N–H and O–H groups in total. The van der Waals surface area contributed by atoms with Crippen molar-refractivity contribution in [3.8, 4) is 11.1 Å². The van der Waals surface area contributed by atoms with Gasteiger partial charge in [0, 0.05) is 47.8 Å². The second-order valence-corrected chi connectivity index (χ2v) is 7.22. The lowest BCUT2D eigenvalue weighted by Crippen LogP contribution is -2.14. The van der Waals surface area contributed by atoms with Crippen LogP contribution in [0.15, 0.2) is 67.4 Å². The molecule has 138 valence electrons. The van der Waals surface area contributed by atoms with Gasteiger partial charge < -0.3 is 9.47 Å². The Labute approximate surface area is 159 Å². The van der Waals surface area contributed by atoms with Gasteiger partial charge in [0.1, 0.15) is 0 Å². The second kappa shape index (κ2) is 7.76. The highest BCUT2D eigenvalue weighted by molar-refractivity contribution is 5.85. The van der Waals surface area contributed by atoms with E-state index in [2.05, 4.69) is 70.3 Å². The summed E-state index contributed by atoms with van der Waals surface area (Å²) in [6.45, 7) is 2.91. The van der Waals surface area contributed by atoms with E-state index in [-0.39, 0.29) is 0 Å². The molecule has 0 spiro atoms. The van der Waals surface area contributed by atoms with E-state index in [1.165, 1.54) is 22.0 Å². The summed E-state index contributed by atoms with van der Waals surface area (Å²) in [5.41, 5.74) is 4.84. The number of hydrogen-bond acceptors (Lipinski definition) is 3. The van der Waals surface area contributed by atoms with E-state index in [1.54, 1.807) is 0 Å². The van der Waals surface area contributed by atoms with Gasteiger partial charge in [0.2, 0.25) is 0 Å². The molecular formula is C22H25N5. The zero-order valence-corrected chi connectivity index (χ0v) is 15.9. The molecule has 4 rings (SSSR count). The molecule has 0 amide bonds. The molecule has 0 unspecified atom stereocenters. The molecule has 5 nitrogen and oxygen atoms in total. The maximum atomic E-state index is 4.52. The minimum Gasteiger partial charge on any atom is -0.347 e. The van der Waals surface area contributed by atoms with Gasteiger partial charge in [-0.25, -0.2) is 0 Å². The molecule has 3 heterocycles. The van der Waals surface area contributed by atoms with Crippen LogP contribution in [0.25, 0.3) is 22.0 Å². The standard InChI is InChI=1S/C22H25N5/c1-25(2)11-3-12-26-13-8-20-14-19(4-5-22(20)26)21-15-24-27(17-21)16-18-6-9-23-10-7-18/h4-10,13-15,17H,3,11-12,16H2,1-2H3. The lowest BCUT2D eigenvalue weighted by atomic mass is 10.1. The van der Waals surface area contributed by atoms with Gasteiger partial charge >= 0.3 is 0 Å². The zero-order chi connectivity index (χ0) is 18.6. The molecule has 5 heteroatoms. The first-order chi connectivity index (χ1) is 13.2. The Hall–Kier alpha value is -2.92. The van der Waals surface area contributed by atoms with Crippen molar-refractivity contribution in [1.29, 1.82) is 0 Å². The molecule has 0 aliphatic rings. The molecule has 27 heavy (non-hydrogen) atoms. The lowest BCUT2D eigenvalue weighted by Gasteiger charge is -2.10. The molecule has 0 saturated carbocycles. The average molecular weight is 359 g/mol. The number of rotatable bonds is 7. The number of aromatic nitrogens is 4. The summed E-state index contributed by atoms with van der Waals surface area (Å²) in [4.78, 5) is 6.29. The van der Waals surface area contributed by atoms with Crippen molar-refractivity contribution < 1.29 is 0 Å². The maximum Gasteiger partial charge on any atom is 0.0660 e. The third-order valence-corrected chi connectivity index (χ3v) is 4.84. The van der Waals surface area contributed by atoms with E-state index in [9.17, 15) is 0 Å². The second-order valence-electron chi connectivity index (χ2n) is 7.22. The minimum atomic E-state index is 0.757. The van der Waals surface area contributed by atoms with E-state index in [0.717, 1.165) is 31.6 Å². The van der Waals surface area contributed by atoms with Crippen molar-refractivity contribution in [3.63, 3.8) is 0 Å². The third-order valence-electron chi connectivity index (χ3n) is 4.84. The first-order valence-corrected chi connectivity index (χ1v) is 9.34. The molecule has 0 fully saturated rings. The van der Waals surface area contributed by atoms with Crippen LogP contribution in [0.3, 0.4) is 0 Å². The Morgan fingerprint density at radius 1 is 1.00 bits per heavy atom. The van der Waals surface area contributed by atoms with Gasteiger partial charge in [0.05, 0.1) is 12.7 Å². The largest absolute Gasteiger partial charge is 0.347 e. The molecule has 0 atom stereocenters. The van der Waals surface area contributed by atoms with Gasteiger partial charge in [-0.15, -0.1) is 0 Å². The van der Waals surface area contributed by atoms with Gasteiger partial charge in [-0.05, 0) is 68.5 Å². The highest BCUT2D eigenvalue weighted by Crippen LogP contribution is 2.25. The van der Waals surface area contributed by atoms with Crippen LogP contribution in [0.2, 0.25) is 0 Å². The van der Waals surface area contributed by atoms with Crippen LogP contribution in [-0.2, 0) is 13.1 Å². The maximum absolute atomic E-state index is 4.52. The quantitative estimate of drug-likeness (QED) is 0.502. The van der Waals surface area contributed by atoms with Crippen LogP contribution in [0.1, 0.15) is 12.0 Å². The van der Waals surface area contributed by atoms with Crippen LogP contribution in [0.5, 0.6) is 0 Å². The van der Waals surface area contributed by atoms with Crippen LogP contribution < -0.4 is 0 Å². The molecule has 0 aliphatic carbocycles. The fourth-order valence-corrected chi connectivity index (χ4v) is 3.41. The monoisotopic (exact) mass is 359 g/mol. The number of pyridine rings is 1. The Bertz CT molecular complexity index is 1010. The molecule has 4 aromatic rings. The normalized spacial score (nSPS) is 11.5. The minimum absolute atomic E-state index is 0.757. The van der Waals surface area contributed by atoms with Crippen molar-refractivity contribution in [2.75, 3.05) is 20.6 Å². The predicted octanol–water partition coefficient (Wildman–Crippen LogP) is 3.90. The fraction of sp³-hybridized carbons (Fsp3) is 0.273. The summed E-state index contributed by atoms with van der Waals surface area (Å²) in [6.07, 6.45) is 11.0. The van der Waals surface area contributed by atoms with Gasteiger partial charge in [-0.1, -0.05) is 6.07 Å². The number of aryl methyl sites for hydroxylation is 1. The van der Waals surface area contributed by atoms with E-state index < -0.39 is 0 Å². The van der Waals surface area contributed by atoms with Crippen molar-refractivity contribution >= 4 is 10.9 Å². The lowest BCUT2D eigenvalue weighted by molar-refractivity contribution is 0.388. The van der Waals surface area contributed by atoms with Gasteiger partial charge in [0.15, 0.2) is 0 Å². The van der Waals surface area contributed by atoms with Crippen molar-refractivity contribution in [3.05, 3.63) is 72.9 Å². The van der Waals surface area contributed by atoms with E-state index >= 15 is 0 Å². The van der Waals surface area contributed by atoms with E-state index in [0.29, 0.717) is 0 Å². The molecule has 0 bridgehead atoms. The molecule has 0 saturated heterocycles. The molecule has 0 aliphatic heterocycles. The number of fused-ring (bicyclic) bond motifs is 1. The Balaban J connectivity index is 1.51. The van der Waals surface area contributed by atoms with Crippen molar-refractivity contribution in [2.24, 2.45) is 0 Å². The topological polar surface area (TPSA) is 38.9 Å². The smallest absolute Gasteiger partial charge is 0.0660 e. The summed E-state index contributed by atoms with van der Waals surface area (Å²) < 4.78 is 4.32. The van der Waals surface area contributed by atoms with Crippen LogP contribution in [0, 0.1) is 0 Å². The van der Waals surface area contributed by atoms with Crippen LogP contribution >= 0.6 is 0 Å². The molecule has 1 aromatic carbocycles. The van der Waals surface area contributed by atoms with Gasteiger partial charge in [-0.2, -0.15) is 5.10 Å². The first kappa shape index (κ1) is 17.5. The summed E-state index contributed by atoms with van der Waals surface area (Å²) >= 11 is 0. The number of benzene rings is 1. The molecule has 3 aromatic heterocycles. The van der Waals surface area contributed by atoms with Crippen molar-refractivity contribution in [2.45, 2.75) is 19.5 Å². The molecule has 0 radical (unpaired) electrons. The van der Waals surface area contributed by atoms with Crippen molar-refractivity contribution in [1.82, 2.24) is 24.2 Å². The number of nitrogens with zero attached hydrogens (tertiary/aromatic N) is 5. The number of hydrogen-bond donors (Lipinski definition) is 0. The first-order valence-electron chi connectivity index (χ1n) is 9.34. The Morgan fingerprint density at radius 2 is 1.85 bits per heavy atom. The molecular weight excluding hydrogens is 334 g/mol. The third kappa shape index (κ3) is 4.09. The van der Waals surface area contributed by atoms with Crippen LogP contribution in [0.4, 0.5) is 0 Å². The van der Waals surface area contributed by atoms with Gasteiger partial charge in [-0.3, -0.25) is 9.67 Å². The van der Waals surface area contributed by atoms with E-state index in [4.69, 9.17) is 0 Å². The summed E-state index contributed by atoms with van der Waals surface area (Å²) in [7, 11) is 4.24. The Morgan fingerprint density at radius 3 is 2.67 bits per heavy atom.